The summed E-state index contributed by atoms with van der Waals surface area (Å²) in [5, 5.41) is 3.32. The van der Waals surface area contributed by atoms with E-state index in [1.165, 1.54) is 25.7 Å². The molecule has 0 spiro atoms. The second kappa shape index (κ2) is 4.42. The van der Waals surface area contributed by atoms with Crippen molar-refractivity contribution in [2.75, 3.05) is 6.54 Å². The summed E-state index contributed by atoms with van der Waals surface area (Å²) in [6.07, 6.45) is 5.33. The number of nitrogens with one attached hydrogen (secondary N) is 1. The first-order valence-corrected chi connectivity index (χ1v) is 6.23. The van der Waals surface area contributed by atoms with Crippen LogP contribution in [-0.2, 0) is 0 Å². The second-order valence-corrected chi connectivity index (χ2v) is 5.42. The summed E-state index contributed by atoms with van der Waals surface area (Å²) < 4.78 is 0. The van der Waals surface area contributed by atoms with E-state index < -0.39 is 0 Å². The number of hydrogen-bond donors (Lipinski definition) is 2. The Labute approximate surface area is 92.5 Å². The summed E-state index contributed by atoms with van der Waals surface area (Å²) in [7, 11) is 0. The minimum Gasteiger partial charge on any atom is -0.370 e. The zero-order valence-corrected chi connectivity index (χ0v) is 9.87. The average Bonchev–Trinajstić information content (AvgIpc) is 2.80. The molecule has 0 saturated heterocycles. The predicted molar refractivity (Wildman–Crippen MR) is 63.7 cm³/mol. The molecule has 2 aliphatic carbocycles. The lowest BCUT2D eigenvalue weighted by atomic mass is 9.86. The van der Waals surface area contributed by atoms with Gasteiger partial charge in [-0.2, -0.15) is 0 Å². The van der Waals surface area contributed by atoms with Crippen LogP contribution in [0.2, 0.25) is 0 Å². The van der Waals surface area contributed by atoms with Crippen molar-refractivity contribution in [3.63, 3.8) is 0 Å². The fourth-order valence-electron chi connectivity index (χ4n) is 2.26. The van der Waals surface area contributed by atoms with E-state index in [0.717, 1.165) is 24.3 Å². The highest BCUT2D eigenvalue weighted by atomic mass is 15.1. The van der Waals surface area contributed by atoms with E-state index >= 15 is 0 Å². The molecule has 0 unspecified atom stereocenters. The molecule has 0 aromatic heterocycles. The molecule has 2 aliphatic rings. The summed E-state index contributed by atoms with van der Waals surface area (Å²) in [6, 6.07) is 0.593. The van der Waals surface area contributed by atoms with E-state index in [2.05, 4.69) is 24.2 Å². The Morgan fingerprint density at radius 1 is 1.47 bits per heavy atom. The molecule has 2 saturated carbocycles. The molecular formula is C12H23N3. The van der Waals surface area contributed by atoms with Crippen LogP contribution in [-0.4, -0.2) is 18.5 Å². The summed E-state index contributed by atoms with van der Waals surface area (Å²) in [4.78, 5) is 4.40. The molecule has 86 valence electrons. The molecule has 0 heterocycles. The van der Waals surface area contributed by atoms with Gasteiger partial charge in [0, 0.05) is 12.6 Å². The highest BCUT2D eigenvalue weighted by Crippen LogP contribution is 2.36. The van der Waals surface area contributed by atoms with Crippen LogP contribution in [0.5, 0.6) is 0 Å². The monoisotopic (exact) mass is 209 g/mol. The van der Waals surface area contributed by atoms with Crippen LogP contribution < -0.4 is 11.1 Å². The van der Waals surface area contributed by atoms with Crippen LogP contribution in [0, 0.1) is 17.8 Å². The quantitative estimate of drug-likeness (QED) is 0.547. The van der Waals surface area contributed by atoms with E-state index in [1.54, 1.807) is 0 Å². The molecule has 0 aromatic rings. The van der Waals surface area contributed by atoms with Gasteiger partial charge in [0.25, 0.3) is 0 Å². The average molecular weight is 209 g/mol. The van der Waals surface area contributed by atoms with E-state index in [4.69, 9.17) is 5.73 Å². The Balaban J connectivity index is 1.66. The summed E-state index contributed by atoms with van der Waals surface area (Å²) in [5.74, 6) is 3.05. The topological polar surface area (TPSA) is 50.4 Å². The maximum atomic E-state index is 5.84. The van der Waals surface area contributed by atoms with Crippen LogP contribution in [0.3, 0.4) is 0 Å². The molecular weight excluding hydrogens is 186 g/mol. The zero-order valence-electron chi connectivity index (χ0n) is 9.87. The zero-order chi connectivity index (χ0) is 10.8. The largest absolute Gasteiger partial charge is 0.370 e. The third-order valence-electron chi connectivity index (χ3n) is 3.77. The minimum absolute atomic E-state index is 0.593. The maximum Gasteiger partial charge on any atom is 0.188 e. The van der Waals surface area contributed by atoms with E-state index in [-0.39, 0.29) is 0 Å². The number of aliphatic imine (C=N–C) groups is 1. The summed E-state index contributed by atoms with van der Waals surface area (Å²) in [5.41, 5.74) is 5.84. The van der Waals surface area contributed by atoms with Crippen molar-refractivity contribution < 1.29 is 0 Å². The first-order chi connectivity index (χ1) is 7.16. The third kappa shape index (κ3) is 2.86. The van der Waals surface area contributed by atoms with Crippen molar-refractivity contribution in [2.24, 2.45) is 28.5 Å². The second-order valence-electron chi connectivity index (χ2n) is 5.42. The van der Waals surface area contributed by atoms with Crippen LogP contribution >= 0.6 is 0 Å². The van der Waals surface area contributed by atoms with E-state index in [1.807, 2.05) is 0 Å². The highest BCUT2D eigenvalue weighted by Gasteiger charge is 2.39. The van der Waals surface area contributed by atoms with Gasteiger partial charge in [0.15, 0.2) is 5.96 Å². The van der Waals surface area contributed by atoms with Crippen molar-refractivity contribution in [1.29, 1.82) is 0 Å². The Morgan fingerprint density at radius 3 is 2.67 bits per heavy atom. The molecule has 15 heavy (non-hydrogen) atoms. The maximum absolute atomic E-state index is 5.84. The standard InChI is InChI=1S/C12H23N3/c1-8(2)10-6-11(10)15-12(13)14-7-9-4-3-5-9/h8-11H,3-7H2,1-2H3,(H3,13,14,15)/t10-,11+/m0/s1. The first-order valence-electron chi connectivity index (χ1n) is 6.23. The minimum atomic E-state index is 0.593. The van der Waals surface area contributed by atoms with Gasteiger partial charge in [0.1, 0.15) is 0 Å². The Kier molecular flexibility index (Phi) is 3.17. The number of nitrogens with two attached hydrogens (primary N) is 1. The lowest BCUT2D eigenvalue weighted by molar-refractivity contribution is 0.326. The molecule has 2 fully saturated rings. The van der Waals surface area contributed by atoms with Gasteiger partial charge >= 0.3 is 0 Å². The predicted octanol–water partition coefficient (Wildman–Crippen LogP) is 1.74. The molecule has 3 N–H and O–H groups in total. The molecule has 2 atom stereocenters. The Bertz CT molecular complexity index is 243. The van der Waals surface area contributed by atoms with E-state index in [0.29, 0.717) is 12.0 Å². The van der Waals surface area contributed by atoms with Gasteiger partial charge in [-0.15, -0.1) is 0 Å². The molecule has 0 aromatic carbocycles. The molecule has 3 heteroatoms. The molecule has 2 rings (SSSR count). The normalized spacial score (nSPS) is 31.5. The van der Waals surface area contributed by atoms with Crippen molar-refractivity contribution >= 4 is 5.96 Å². The van der Waals surface area contributed by atoms with Gasteiger partial charge in [-0.3, -0.25) is 4.99 Å². The van der Waals surface area contributed by atoms with Gasteiger partial charge in [-0.05, 0) is 37.0 Å². The van der Waals surface area contributed by atoms with Gasteiger partial charge in [-0.1, -0.05) is 20.3 Å². The molecule has 0 amide bonds. The van der Waals surface area contributed by atoms with Gasteiger partial charge in [0.2, 0.25) is 0 Å². The van der Waals surface area contributed by atoms with Gasteiger partial charge in [0.05, 0.1) is 0 Å². The van der Waals surface area contributed by atoms with Crippen molar-refractivity contribution in [3.05, 3.63) is 0 Å². The molecule has 0 radical (unpaired) electrons. The lowest BCUT2D eigenvalue weighted by Crippen LogP contribution is -2.35. The van der Waals surface area contributed by atoms with Crippen LogP contribution in [0.1, 0.15) is 39.5 Å². The summed E-state index contributed by atoms with van der Waals surface area (Å²) >= 11 is 0. The molecule has 3 nitrogen and oxygen atoms in total. The van der Waals surface area contributed by atoms with Crippen molar-refractivity contribution in [3.8, 4) is 0 Å². The smallest absolute Gasteiger partial charge is 0.188 e. The number of hydrogen-bond acceptors (Lipinski definition) is 1. The number of guanidine groups is 1. The van der Waals surface area contributed by atoms with Crippen LogP contribution in [0.25, 0.3) is 0 Å². The van der Waals surface area contributed by atoms with Gasteiger partial charge < -0.3 is 11.1 Å². The van der Waals surface area contributed by atoms with Crippen LogP contribution in [0.4, 0.5) is 0 Å². The van der Waals surface area contributed by atoms with Crippen LogP contribution in [0.15, 0.2) is 4.99 Å². The first kappa shape index (κ1) is 10.8. The highest BCUT2D eigenvalue weighted by molar-refractivity contribution is 5.78. The van der Waals surface area contributed by atoms with Crippen molar-refractivity contribution in [2.45, 2.75) is 45.6 Å². The summed E-state index contributed by atoms with van der Waals surface area (Å²) in [6.45, 7) is 5.47. The SMILES string of the molecule is CC(C)[C@@H]1C[C@H]1NC(N)=NCC1CCC1. The number of nitrogens with zero attached hydrogens (tertiary/aromatic N) is 1. The third-order valence-corrected chi connectivity index (χ3v) is 3.77. The van der Waals surface area contributed by atoms with Gasteiger partial charge in [-0.25, -0.2) is 0 Å². The molecule has 0 bridgehead atoms. The fraction of sp³-hybridized carbons (Fsp3) is 0.917. The Morgan fingerprint density at radius 2 is 2.20 bits per heavy atom. The Hall–Kier alpha value is -0.730. The lowest BCUT2D eigenvalue weighted by Gasteiger charge is -2.23. The van der Waals surface area contributed by atoms with Crippen molar-refractivity contribution in [1.82, 2.24) is 5.32 Å². The van der Waals surface area contributed by atoms with E-state index in [9.17, 15) is 0 Å². The fourth-order valence-corrected chi connectivity index (χ4v) is 2.26. The molecule has 0 aliphatic heterocycles. The number of rotatable bonds is 4.